The van der Waals surface area contributed by atoms with Gasteiger partial charge in [0, 0.05) is 73.9 Å². The second-order valence-electron chi connectivity index (χ2n) is 19.4. The molecule has 0 saturated carbocycles. The second kappa shape index (κ2) is 21.0. The summed E-state index contributed by atoms with van der Waals surface area (Å²) in [5.41, 5.74) is -0.253. The number of amides is 2. The molecule has 15 nitrogen and oxygen atoms in total. The number of ketones is 1. The Hall–Kier alpha value is -5.12. The normalized spacial score (nSPS) is 28.5. The molecule has 2 amide bonds. The average molecular weight is 899 g/mol. The number of benzene rings is 2. The van der Waals surface area contributed by atoms with Crippen molar-refractivity contribution in [2.75, 3.05) is 45.2 Å². The molecule has 2 saturated heterocycles. The van der Waals surface area contributed by atoms with E-state index in [1.807, 2.05) is 39.8 Å². The van der Waals surface area contributed by atoms with Crippen molar-refractivity contribution in [1.82, 2.24) is 15.5 Å². The van der Waals surface area contributed by atoms with Crippen LogP contribution in [-0.2, 0) is 19.1 Å². The summed E-state index contributed by atoms with van der Waals surface area (Å²) in [6, 6.07) is -0.0503. The van der Waals surface area contributed by atoms with Crippen LogP contribution in [0.4, 0.5) is 5.69 Å². The van der Waals surface area contributed by atoms with Crippen molar-refractivity contribution >= 4 is 40.0 Å². The monoisotopic (exact) mass is 899 g/mol. The second-order valence-corrected chi connectivity index (χ2v) is 19.4. The zero-order valence-corrected chi connectivity index (χ0v) is 39.6. The number of nitrogens with zero attached hydrogens (tertiary/aromatic N) is 3. The Bertz CT molecular complexity index is 2360. The molecule has 5 aliphatic heterocycles. The van der Waals surface area contributed by atoms with Crippen molar-refractivity contribution in [3.63, 3.8) is 0 Å². The van der Waals surface area contributed by atoms with E-state index in [1.54, 1.807) is 32.1 Å². The Morgan fingerprint density at radius 1 is 1.00 bits per heavy atom. The van der Waals surface area contributed by atoms with Gasteiger partial charge < -0.3 is 45.6 Å². The number of fused-ring (bicyclic) bond motifs is 14. The van der Waals surface area contributed by atoms with Crippen molar-refractivity contribution in [2.45, 2.75) is 124 Å². The third-order valence-electron chi connectivity index (χ3n) is 13.5. The van der Waals surface area contributed by atoms with Crippen LogP contribution in [0.1, 0.15) is 109 Å². The number of rotatable bonds is 7. The molecule has 6 N–H and O–H groups in total. The van der Waals surface area contributed by atoms with Crippen LogP contribution in [0.15, 0.2) is 45.9 Å². The first-order chi connectivity index (χ1) is 30.8. The van der Waals surface area contributed by atoms with E-state index >= 15 is 0 Å². The number of Topliss-reactive ketones (excluding diaryl/α,β-unsaturated/α-hetero) is 1. The minimum Gasteiger partial charge on any atom is -0.507 e. The first-order valence-electron chi connectivity index (χ1n) is 23.4. The number of anilines is 1. The van der Waals surface area contributed by atoms with Gasteiger partial charge in [0.2, 0.25) is 5.91 Å². The van der Waals surface area contributed by atoms with E-state index in [0.29, 0.717) is 43.7 Å². The SMILES string of the molecule is COc1c(C)c(O)c2c(O)c3c4c(c2c1C(=O)C/C=C/C[C@@H](C)[C@@H](OC(=O)CC(=O)NC1CCNC1)[C@H](C)[C@H](O)[C@H](C)C[C@@H](C)/C=C/C=C(/C)C(=O)N3)=NC1(CCN(CC(C)C)CC1)N=4. The molecule has 2 aromatic rings. The van der Waals surface area contributed by atoms with Crippen LogP contribution in [0.5, 0.6) is 17.2 Å². The number of hydrogen-bond acceptors (Lipinski definition) is 13. The first-order valence-corrected chi connectivity index (χ1v) is 23.4. The molecule has 0 aliphatic carbocycles. The highest BCUT2D eigenvalue weighted by atomic mass is 16.5. The number of methoxy groups -OCH3 is 1. The fourth-order valence-corrected chi connectivity index (χ4v) is 9.97. The van der Waals surface area contributed by atoms with E-state index in [-0.39, 0.29) is 85.8 Å². The number of phenolic OH excluding ortho intramolecular Hbond substituents is 2. The standard InChI is InChI=1S/C50H70N6O9/c1-27(2)26-56-21-18-50(19-22-56)54-41-39-38-35(57)16-11-10-14-29(4)47(65-37(59)24-36(58)52-34-17-20-51-25-34)32(7)44(60)31(6)23-28(3)13-12-15-30(5)49(63)53-43(42(41)55-50)46(62)40(39)45(61)33(8)48(38)64-9/h10-13,15,27-29,31-32,34,44,47,51,60-62H,14,16-26H2,1-9H3,(H,52,58)(H,53,63)/b11-10+,13-12+,30-15-/t28-,29+,31+,32+,34?,44+,47+/m0/s1. The topological polar surface area (TPSA) is 211 Å². The molecular formula is C50H70N6O9. The summed E-state index contributed by atoms with van der Waals surface area (Å²) in [5.74, 6) is -3.20. The van der Waals surface area contributed by atoms with Gasteiger partial charge in [-0.05, 0) is 63.3 Å². The molecule has 0 radical (unpaired) electrons. The van der Waals surface area contributed by atoms with Crippen LogP contribution in [0.3, 0.4) is 0 Å². The number of aromatic hydroxyl groups is 2. The Kier molecular flexibility index (Phi) is 15.9. The summed E-state index contributed by atoms with van der Waals surface area (Å²) in [5, 5.41) is 45.3. The molecule has 354 valence electrons. The molecule has 5 aliphatic rings. The third kappa shape index (κ3) is 11.1. The number of piperidine rings is 1. The van der Waals surface area contributed by atoms with Gasteiger partial charge >= 0.3 is 5.97 Å². The molecular weight excluding hydrogens is 829 g/mol. The largest absolute Gasteiger partial charge is 0.507 e. The quantitative estimate of drug-likeness (QED) is 0.0907. The Labute approximate surface area is 382 Å². The molecule has 7 atom stereocenters. The number of allylic oxidation sites excluding steroid dienone is 5. The van der Waals surface area contributed by atoms with Crippen molar-refractivity contribution in [3.05, 3.63) is 57.8 Å². The lowest BCUT2D eigenvalue weighted by Gasteiger charge is -2.36. The summed E-state index contributed by atoms with van der Waals surface area (Å²) in [4.78, 5) is 67.5. The number of aliphatic hydroxyl groups excluding tert-OH is 1. The van der Waals surface area contributed by atoms with Gasteiger partial charge in [0.05, 0.1) is 29.5 Å². The van der Waals surface area contributed by atoms with Gasteiger partial charge in [0.1, 0.15) is 35.1 Å². The maximum atomic E-state index is 14.6. The molecule has 1 spiro atoms. The zero-order chi connectivity index (χ0) is 47.3. The molecule has 0 aromatic heterocycles. The lowest BCUT2D eigenvalue weighted by molar-refractivity contribution is -0.160. The van der Waals surface area contributed by atoms with Crippen LogP contribution in [0.25, 0.3) is 10.8 Å². The van der Waals surface area contributed by atoms with Crippen molar-refractivity contribution in [2.24, 2.45) is 39.6 Å². The summed E-state index contributed by atoms with van der Waals surface area (Å²) < 4.78 is 11.9. The van der Waals surface area contributed by atoms with Crippen molar-refractivity contribution in [3.8, 4) is 17.2 Å². The van der Waals surface area contributed by atoms with E-state index in [4.69, 9.17) is 19.5 Å². The molecule has 2 aromatic carbocycles. The number of phenols is 2. The van der Waals surface area contributed by atoms with Crippen molar-refractivity contribution < 1.29 is 44.0 Å². The number of carbonyl (C=O) groups excluding carboxylic acids is 4. The van der Waals surface area contributed by atoms with Gasteiger partial charge in [-0.2, -0.15) is 0 Å². The van der Waals surface area contributed by atoms with Gasteiger partial charge in [-0.3, -0.25) is 29.2 Å². The predicted octanol–water partition coefficient (Wildman–Crippen LogP) is 5.32. The Morgan fingerprint density at radius 3 is 2.37 bits per heavy atom. The highest BCUT2D eigenvalue weighted by molar-refractivity contribution is 6.16. The molecule has 7 rings (SSSR count). The number of nitrogens with one attached hydrogen (secondary N) is 3. The highest BCUT2D eigenvalue weighted by Crippen LogP contribution is 2.45. The molecule has 65 heavy (non-hydrogen) atoms. The zero-order valence-electron chi connectivity index (χ0n) is 39.6. The van der Waals surface area contributed by atoms with Crippen LogP contribution in [-0.4, -0.2) is 108 Å². The van der Waals surface area contributed by atoms with E-state index in [2.05, 4.69) is 34.7 Å². The van der Waals surface area contributed by atoms with Gasteiger partial charge in [-0.1, -0.05) is 71.9 Å². The number of carbonyl (C=O) groups is 4. The fraction of sp³-hybridized carbons (Fsp3) is 0.600. The number of likely N-dealkylation sites (tertiary alicyclic amines) is 1. The smallest absolute Gasteiger partial charge is 0.315 e. The fourth-order valence-electron chi connectivity index (χ4n) is 9.97. The van der Waals surface area contributed by atoms with E-state index in [0.717, 1.165) is 32.6 Å². The van der Waals surface area contributed by atoms with Gasteiger partial charge in [-0.15, -0.1) is 0 Å². The number of aliphatic hydroxyl groups is 1. The van der Waals surface area contributed by atoms with Gasteiger partial charge in [0.25, 0.3) is 5.91 Å². The minimum atomic E-state index is -0.923. The Morgan fingerprint density at radius 2 is 1.71 bits per heavy atom. The van der Waals surface area contributed by atoms with Crippen LogP contribution in [0.2, 0.25) is 0 Å². The summed E-state index contributed by atoms with van der Waals surface area (Å²) in [6.07, 6.45) is 9.65. The molecule has 1 unspecified atom stereocenters. The maximum Gasteiger partial charge on any atom is 0.315 e. The minimum absolute atomic E-state index is 0.00250. The van der Waals surface area contributed by atoms with Gasteiger partial charge in [0.15, 0.2) is 17.2 Å². The summed E-state index contributed by atoms with van der Waals surface area (Å²) in [7, 11) is 1.42. The third-order valence-corrected chi connectivity index (χ3v) is 13.5. The molecule has 5 heterocycles. The molecule has 2 fully saturated rings. The average Bonchev–Trinajstić information content (AvgIpc) is 3.91. The van der Waals surface area contributed by atoms with Gasteiger partial charge in [-0.25, -0.2) is 0 Å². The van der Waals surface area contributed by atoms with E-state index < -0.39 is 53.7 Å². The lowest BCUT2D eigenvalue weighted by atomic mass is 9.80. The van der Waals surface area contributed by atoms with E-state index in [1.165, 1.54) is 7.11 Å². The van der Waals surface area contributed by atoms with Crippen LogP contribution < -0.4 is 31.4 Å². The summed E-state index contributed by atoms with van der Waals surface area (Å²) in [6.45, 7) is 19.1. The first kappa shape index (κ1) is 49.3. The molecule has 4 bridgehead atoms. The van der Waals surface area contributed by atoms with Crippen LogP contribution in [0, 0.1) is 36.5 Å². The number of esters is 1. The predicted molar refractivity (Wildman–Crippen MR) is 250 cm³/mol. The number of hydrogen-bond donors (Lipinski definition) is 6. The number of ether oxygens (including phenoxy) is 2. The lowest BCUT2D eigenvalue weighted by Crippen LogP contribution is -2.43. The summed E-state index contributed by atoms with van der Waals surface area (Å²) >= 11 is 0. The molecule has 15 heteroatoms. The van der Waals surface area contributed by atoms with E-state index in [9.17, 15) is 34.5 Å². The highest BCUT2D eigenvalue weighted by Gasteiger charge is 2.40. The Balaban J connectivity index is 1.43. The van der Waals surface area contributed by atoms with Crippen LogP contribution >= 0.6 is 0 Å². The van der Waals surface area contributed by atoms with Crippen molar-refractivity contribution in [1.29, 1.82) is 0 Å². The maximum absolute atomic E-state index is 14.6.